The van der Waals surface area contributed by atoms with Crippen LogP contribution in [0.15, 0.2) is 70.3 Å². The molecular formula is C28H29FN2O3S. The van der Waals surface area contributed by atoms with Crippen LogP contribution < -0.4 is 10.1 Å². The number of alkyl halides is 1. The van der Waals surface area contributed by atoms with E-state index in [0.29, 0.717) is 36.4 Å². The summed E-state index contributed by atoms with van der Waals surface area (Å²) >= 11 is 1.43. The molecule has 1 fully saturated rings. The van der Waals surface area contributed by atoms with Gasteiger partial charge in [-0.15, -0.1) is 11.8 Å². The number of carbonyl (C=O) groups is 1. The summed E-state index contributed by atoms with van der Waals surface area (Å²) in [7, 11) is 0. The first-order valence-corrected chi connectivity index (χ1v) is 12.7. The number of hydrogen-bond donors (Lipinski definition) is 2. The summed E-state index contributed by atoms with van der Waals surface area (Å²) in [4.78, 5) is 17.6. The number of fused-ring (bicyclic) bond motifs is 1. The van der Waals surface area contributed by atoms with Crippen molar-refractivity contribution < 1.29 is 19.0 Å². The predicted octanol–water partition coefficient (Wildman–Crippen LogP) is 6.35. The van der Waals surface area contributed by atoms with Gasteiger partial charge in [-0.2, -0.15) is 0 Å². The molecule has 2 heterocycles. The molecule has 0 spiro atoms. The van der Waals surface area contributed by atoms with E-state index in [4.69, 9.17) is 4.74 Å². The number of halogens is 1. The summed E-state index contributed by atoms with van der Waals surface area (Å²) in [6.07, 6.45) is 4.12. The number of hydrogen-bond acceptors (Lipinski definition) is 5. The second-order valence-electron chi connectivity index (χ2n) is 10.3. The minimum Gasteiger partial charge on any atom is -0.510 e. The van der Waals surface area contributed by atoms with Crippen molar-refractivity contribution in [2.24, 2.45) is 4.99 Å². The van der Waals surface area contributed by atoms with Gasteiger partial charge in [-0.25, -0.2) is 4.39 Å². The van der Waals surface area contributed by atoms with Gasteiger partial charge in [0.25, 0.3) is 5.91 Å². The van der Waals surface area contributed by atoms with Crippen LogP contribution in [0, 0.1) is 0 Å². The monoisotopic (exact) mass is 492 g/mol. The van der Waals surface area contributed by atoms with Gasteiger partial charge in [0.15, 0.2) is 0 Å². The number of nitrogens with zero attached hydrogens (tertiary/aromatic N) is 1. The van der Waals surface area contributed by atoms with Gasteiger partial charge in [-0.3, -0.25) is 9.79 Å². The van der Waals surface area contributed by atoms with Crippen LogP contribution in [0.4, 0.5) is 10.1 Å². The quantitative estimate of drug-likeness (QED) is 0.493. The van der Waals surface area contributed by atoms with Crippen LogP contribution in [0.3, 0.4) is 0 Å². The maximum Gasteiger partial charge on any atom is 0.260 e. The molecule has 2 aromatic rings. The fourth-order valence-electron chi connectivity index (χ4n) is 4.36. The van der Waals surface area contributed by atoms with Crippen LogP contribution in [0.2, 0.25) is 0 Å². The number of benzene rings is 2. The molecule has 5 rings (SSSR count). The van der Waals surface area contributed by atoms with E-state index in [0.717, 1.165) is 11.1 Å². The maximum atomic E-state index is 15.5. The Morgan fingerprint density at radius 1 is 1.26 bits per heavy atom. The van der Waals surface area contributed by atoms with Crippen LogP contribution in [0.5, 0.6) is 5.75 Å². The highest BCUT2D eigenvalue weighted by atomic mass is 32.2. The molecule has 0 bridgehead atoms. The second-order valence-corrected chi connectivity index (χ2v) is 11.3. The highest BCUT2D eigenvalue weighted by Gasteiger charge is 2.47. The number of dihydropyridines is 1. The number of amides is 1. The van der Waals surface area contributed by atoms with Crippen molar-refractivity contribution in [3.05, 3.63) is 82.0 Å². The zero-order valence-corrected chi connectivity index (χ0v) is 20.9. The summed E-state index contributed by atoms with van der Waals surface area (Å²) < 4.78 is 21.7. The molecule has 3 aliphatic rings. The van der Waals surface area contributed by atoms with Gasteiger partial charge in [-0.05, 0) is 35.3 Å². The van der Waals surface area contributed by atoms with Gasteiger partial charge in [0, 0.05) is 23.4 Å². The molecule has 182 valence electrons. The molecule has 1 aliphatic carbocycles. The highest BCUT2D eigenvalue weighted by molar-refractivity contribution is 8.03. The van der Waals surface area contributed by atoms with Gasteiger partial charge in [0.05, 0.1) is 22.6 Å². The smallest absolute Gasteiger partial charge is 0.260 e. The fourth-order valence-corrected chi connectivity index (χ4v) is 5.36. The molecule has 2 N–H and O–H groups in total. The SMILES string of the molecule is CC(C)(C)c1cc(C2(F)CC2)c(NC(=O)C2=C(O)C3SC=CC3N=C2)cc1OCc1ccccc1. The predicted molar refractivity (Wildman–Crippen MR) is 139 cm³/mol. The Labute approximate surface area is 209 Å². The number of carbonyl (C=O) groups excluding carboxylic acids is 1. The lowest BCUT2D eigenvalue weighted by Gasteiger charge is -2.27. The average molecular weight is 493 g/mol. The van der Waals surface area contributed by atoms with Gasteiger partial charge < -0.3 is 15.2 Å². The number of aliphatic hydroxyl groups excluding tert-OH is 1. The van der Waals surface area contributed by atoms with Crippen molar-refractivity contribution in [3.8, 4) is 5.75 Å². The summed E-state index contributed by atoms with van der Waals surface area (Å²) in [5.41, 5.74) is 1.02. The number of thioether (sulfide) groups is 1. The van der Waals surface area contributed by atoms with Crippen molar-refractivity contribution in [2.45, 2.75) is 62.6 Å². The van der Waals surface area contributed by atoms with E-state index in [1.165, 1.54) is 18.0 Å². The standard InChI is InChI=1S/C28H29FN2O3S/c1-27(2,3)20-13-19(28(29)10-11-28)22(14-23(20)34-16-17-7-5-4-6-8-17)31-26(33)18-15-30-21-9-12-35-25(21)24(18)32/h4-9,12-15,21,25,32H,10-11,16H2,1-3H3,(H,31,33). The van der Waals surface area contributed by atoms with Crippen LogP contribution in [-0.4, -0.2) is 28.5 Å². The van der Waals surface area contributed by atoms with E-state index in [1.54, 1.807) is 6.07 Å². The Morgan fingerprint density at radius 2 is 2.00 bits per heavy atom. The van der Waals surface area contributed by atoms with E-state index in [1.807, 2.05) is 47.9 Å². The number of rotatable bonds is 6. The molecule has 1 saturated carbocycles. The molecule has 7 heteroatoms. The molecule has 2 atom stereocenters. The molecule has 2 aromatic carbocycles. The van der Waals surface area contributed by atoms with Crippen LogP contribution in [0.25, 0.3) is 0 Å². The molecular weight excluding hydrogens is 463 g/mol. The number of aliphatic hydroxyl groups is 1. The average Bonchev–Trinajstić information content (AvgIpc) is 3.37. The summed E-state index contributed by atoms with van der Waals surface area (Å²) in [6, 6.07) is 13.2. The number of aliphatic imine (C=N–C) groups is 1. The molecule has 0 aromatic heterocycles. The minimum atomic E-state index is -1.48. The Kier molecular flexibility index (Phi) is 5.99. The first kappa shape index (κ1) is 23.7. The number of nitrogens with one attached hydrogen (secondary N) is 1. The van der Waals surface area contributed by atoms with Gasteiger partial charge in [-0.1, -0.05) is 57.2 Å². The Balaban J connectivity index is 1.50. The molecule has 5 nitrogen and oxygen atoms in total. The summed E-state index contributed by atoms with van der Waals surface area (Å²) in [5.74, 6) is 0.0725. The lowest BCUT2D eigenvalue weighted by Crippen LogP contribution is -2.29. The van der Waals surface area contributed by atoms with E-state index >= 15 is 4.39 Å². The molecule has 0 radical (unpaired) electrons. The van der Waals surface area contributed by atoms with Crippen molar-refractivity contribution in [1.82, 2.24) is 0 Å². The zero-order chi connectivity index (χ0) is 24.8. The fraction of sp³-hybridized carbons (Fsp3) is 0.357. The lowest BCUT2D eigenvalue weighted by molar-refractivity contribution is -0.112. The van der Waals surface area contributed by atoms with Crippen LogP contribution >= 0.6 is 11.8 Å². The van der Waals surface area contributed by atoms with Crippen molar-refractivity contribution in [3.63, 3.8) is 0 Å². The van der Waals surface area contributed by atoms with Crippen LogP contribution in [-0.2, 0) is 22.5 Å². The highest BCUT2D eigenvalue weighted by Crippen LogP contribution is 2.54. The molecule has 1 amide bonds. The Hall–Kier alpha value is -3.06. The minimum absolute atomic E-state index is 0.00713. The van der Waals surface area contributed by atoms with Gasteiger partial charge in [0.2, 0.25) is 0 Å². The summed E-state index contributed by atoms with van der Waals surface area (Å²) in [6.45, 7) is 6.52. The largest absolute Gasteiger partial charge is 0.510 e. The topological polar surface area (TPSA) is 70.9 Å². The Bertz CT molecular complexity index is 1240. The van der Waals surface area contributed by atoms with E-state index < -0.39 is 11.6 Å². The third kappa shape index (κ3) is 4.74. The summed E-state index contributed by atoms with van der Waals surface area (Å²) in [5, 5.41) is 15.1. The third-order valence-electron chi connectivity index (χ3n) is 6.56. The zero-order valence-electron chi connectivity index (χ0n) is 20.0. The molecule has 2 unspecified atom stereocenters. The first-order valence-electron chi connectivity index (χ1n) is 11.8. The van der Waals surface area contributed by atoms with Crippen LogP contribution in [0.1, 0.15) is 50.3 Å². The van der Waals surface area contributed by atoms with E-state index in [9.17, 15) is 9.90 Å². The second kappa shape index (κ2) is 8.86. The van der Waals surface area contributed by atoms with Gasteiger partial charge in [0.1, 0.15) is 23.8 Å². The van der Waals surface area contributed by atoms with E-state index in [-0.39, 0.29) is 28.0 Å². The molecule has 35 heavy (non-hydrogen) atoms. The lowest BCUT2D eigenvalue weighted by atomic mass is 9.84. The molecule has 2 aliphatic heterocycles. The molecule has 0 saturated heterocycles. The van der Waals surface area contributed by atoms with Gasteiger partial charge >= 0.3 is 0 Å². The van der Waals surface area contributed by atoms with Crippen molar-refractivity contribution >= 4 is 29.6 Å². The van der Waals surface area contributed by atoms with Crippen molar-refractivity contribution in [2.75, 3.05) is 5.32 Å². The van der Waals surface area contributed by atoms with Crippen molar-refractivity contribution in [1.29, 1.82) is 0 Å². The Morgan fingerprint density at radius 3 is 2.69 bits per heavy atom. The van der Waals surface area contributed by atoms with E-state index in [2.05, 4.69) is 31.1 Å². The number of ether oxygens (including phenoxy) is 1. The maximum absolute atomic E-state index is 15.5. The third-order valence-corrected chi connectivity index (χ3v) is 7.67. The first-order chi connectivity index (χ1) is 16.7. The number of anilines is 1. The normalized spacial score (nSPS) is 22.2.